The van der Waals surface area contributed by atoms with Gasteiger partial charge in [-0.25, -0.2) is 9.37 Å². The Kier molecular flexibility index (Phi) is 3.39. The Morgan fingerprint density at radius 1 is 1.33 bits per heavy atom. The summed E-state index contributed by atoms with van der Waals surface area (Å²) in [4.78, 5) is 16.4. The quantitative estimate of drug-likeness (QED) is 0.803. The number of anilines is 1. The monoisotopic (exact) mass is 283 g/mol. The van der Waals surface area contributed by atoms with E-state index in [0.717, 1.165) is 5.65 Å². The molecular weight excluding hydrogens is 269 g/mol. The van der Waals surface area contributed by atoms with Crippen LogP contribution in [0.3, 0.4) is 0 Å². The van der Waals surface area contributed by atoms with Crippen LogP contribution >= 0.6 is 0 Å². The summed E-state index contributed by atoms with van der Waals surface area (Å²) in [5.41, 5.74) is 2.81. The van der Waals surface area contributed by atoms with E-state index in [1.54, 1.807) is 13.0 Å². The molecule has 0 saturated heterocycles. The van der Waals surface area contributed by atoms with Gasteiger partial charge in [0.2, 0.25) is 5.91 Å². The molecule has 0 aliphatic rings. The lowest BCUT2D eigenvalue weighted by molar-refractivity contribution is -0.115. The molecule has 3 rings (SSSR count). The number of hydrogen-bond acceptors (Lipinski definition) is 2. The summed E-state index contributed by atoms with van der Waals surface area (Å²) >= 11 is 0. The molecule has 0 fully saturated rings. The Labute approximate surface area is 121 Å². The second-order valence-corrected chi connectivity index (χ2v) is 4.88. The van der Waals surface area contributed by atoms with Crippen LogP contribution in [0.4, 0.5) is 10.1 Å². The second-order valence-electron chi connectivity index (χ2n) is 4.88. The van der Waals surface area contributed by atoms with Crippen LogP contribution in [0.25, 0.3) is 5.65 Å². The Morgan fingerprint density at radius 3 is 2.95 bits per heavy atom. The van der Waals surface area contributed by atoms with Gasteiger partial charge in [0.1, 0.15) is 11.5 Å². The standard InChI is InChI=1S/C16H14FN3O/c1-11-8-12(17)5-6-14(11)19-16(21)9-13-10-20-7-3-2-4-15(20)18-13/h2-8,10H,9H2,1H3,(H,19,21). The second kappa shape index (κ2) is 5.36. The minimum Gasteiger partial charge on any atom is -0.326 e. The number of hydrogen-bond donors (Lipinski definition) is 1. The first-order valence-corrected chi connectivity index (χ1v) is 6.60. The third-order valence-corrected chi connectivity index (χ3v) is 3.22. The molecule has 0 atom stereocenters. The number of carbonyl (C=O) groups is 1. The number of fused-ring (bicyclic) bond motifs is 1. The highest BCUT2D eigenvalue weighted by Crippen LogP contribution is 2.16. The van der Waals surface area contributed by atoms with Crippen LogP contribution in [0, 0.1) is 12.7 Å². The van der Waals surface area contributed by atoms with E-state index in [1.165, 1.54) is 12.1 Å². The molecule has 3 aromatic rings. The molecule has 0 aliphatic carbocycles. The summed E-state index contributed by atoms with van der Waals surface area (Å²) in [6.45, 7) is 1.75. The van der Waals surface area contributed by atoms with Crippen molar-refractivity contribution in [1.82, 2.24) is 9.38 Å². The van der Waals surface area contributed by atoms with Crippen LogP contribution < -0.4 is 5.32 Å². The molecular formula is C16H14FN3O. The number of benzene rings is 1. The van der Waals surface area contributed by atoms with Crippen LogP contribution in [-0.4, -0.2) is 15.3 Å². The van der Waals surface area contributed by atoms with Crippen molar-refractivity contribution >= 4 is 17.2 Å². The SMILES string of the molecule is Cc1cc(F)ccc1NC(=O)Cc1cn2ccccc2n1. The first-order chi connectivity index (χ1) is 10.1. The molecule has 2 aromatic heterocycles. The predicted molar refractivity (Wildman–Crippen MR) is 78.7 cm³/mol. The predicted octanol–water partition coefficient (Wildman–Crippen LogP) is 2.96. The van der Waals surface area contributed by atoms with Crippen molar-refractivity contribution in [2.45, 2.75) is 13.3 Å². The number of imidazole rings is 1. The molecule has 106 valence electrons. The number of carbonyl (C=O) groups excluding carboxylic acids is 1. The maximum absolute atomic E-state index is 13.0. The molecule has 21 heavy (non-hydrogen) atoms. The van der Waals surface area contributed by atoms with E-state index in [0.29, 0.717) is 16.9 Å². The van der Waals surface area contributed by atoms with E-state index >= 15 is 0 Å². The number of rotatable bonds is 3. The molecule has 4 nitrogen and oxygen atoms in total. The number of aromatic nitrogens is 2. The Hall–Kier alpha value is -2.69. The third kappa shape index (κ3) is 2.91. The smallest absolute Gasteiger partial charge is 0.230 e. The molecule has 0 radical (unpaired) electrons. The van der Waals surface area contributed by atoms with Gasteiger partial charge in [-0.05, 0) is 42.8 Å². The Morgan fingerprint density at radius 2 is 2.19 bits per heavy atom. The van der Waals surface area contributed by atoms with E-state index in [4.69, 9.17) is 0 Å². The van der Waals surface area contributed by atoms with Crippen LogP contribution in [0.2, 0.25) is 0 Å². The van der Waals surface area contributed by atoms with Gasteiger partial charge in [0, 0.05) is 18.1 Å². The maximum Gasteiger partial charge on any atom is 0.230 e. The topological polar surface area (TPSA) is 46.4 Å². The molecule has 0 saturated carbocycles. The van der Waals surface area contributed by atoms with Gasteiger partial charge in [-0.2, -0.15) is 0 Å². The zero-order valence-electron chi connectivity index (χ0n) is 11.5. The lowest BCUT2D eigenvalue weighted by Gasteiger charge is -2.07. The maximum atomic E-state index is 13.0. The van der Waals surface area contributed by atoms with Gasteiger partial charge in [-0.15, -0.1) is 0 Å². The van der Waals surface area contributed by atoms with Crippen molar-refractivity contribution < 1.29 is 9.18 Å². The highest BCUT2D eigenvalue weighted by Gasteiger charge is 2.09. The summed E-state index contributed by atoms with van der Waals surface area (Å²) in [5.74, 6) is -0.487. The number of nitrogens with one attached hydrogen (secondary N) is 1. The molecule has 0 unspecified atom stereocenters. The van der Waals surface area contributed by atoms with E-state index in [1.807, 2.05) is 35.0 Å². The number of nitrogens with zero attached hydrogens (tertiary/aromatic N) is 2. The molecule has 1 aromatic carbocycles. The fourth-order valence-electron chi connectivity index (χ4n) is 2.20. The summed E-state index contributed by atoms with van der Waals surface area (Å²) in [5, 5.41) is 2.78. The van der Waals surface area contributed by atoms with Crippen LogP contribution in [0.1, 0.15) is 11.3 Å². The fourth-order valence-corrected chi connectivity index (χ4v) is 2.20. The van der Waals surface area contributed by atoms with Crippen LogP contribution in [0.15, 0.2) is 48.8 Å². The Bertz CT molecular complexity index is 777. The van der Waals surface area contributed by atoms with Crippen molar-refractivity contribution in [3.05, 3.63) is 65.9 Å². The molecule has 0 aliphatic heterocycles. The van der Waals surface area contributed by atoms with Gasteiger partial charge >= 0.3 is 0 Å². The molecule has 5 heteroatoms. The van der Waals surface area contributed by atoms with Crippen molar-refractivity contribution in [1.29, 1.82) is 0 Å². The van der Waals surface area contributed by atoms with Gasteiger partial charge in [0.25, 0.3) is 0 Å². The lowest BCUT2D eigenvalue weighted by Crippen LogP contribution is -2.15. The number of pyridine rings is 1. The minimum absolute atomic E-state index is 0.173. The van der Waals surface area contributed by atoms with Crippen molar-refractivity contribution in [3.8, 4) is 0 Å². The van der Waals surface area contributed by atoms with Gasteiger partial charge in [-0.1, -0.05) is 6.07 Å². The summed E-state index contributed by atoms with van der Waals surface area (Å²) in [7, 11) is 0. The molecule has 0 spiro atoms. The first-order valence-electron chi connectivity index (χ1n) is 6.60. The van der Waals surface area contributed by atoms with Gasteiger partial charge in [0.05, 0.1) is 12.1 Å². The highest BCUT2D eigenvalue weighted by molar-refractivity contribution is 5.92. The average molecular weight is 283 g/mol. The van der Waals surface area contributed by atoms with Crippen LogP contribution in [0.5, 0.6) is 0 Å². The van der Waals surface area contributed by atoms with Crippen LogP contribution in [-0.2, 0) is 11.2 Å². The Balaban J connectivity index is 1.74. The van der Waals surface area contributed by atoms with Gasteiger partial charge < -0.3 is 9.72 Å². The molecule has 0 bridgehead atoms. The van der Waals surface area contributed by atoms with Crippen molar-refractivity contribution in [2.75, 3.05) is 5.32 Å². The molecule has 2 heterocycles. The zero-order valence-corrected chi connectivity index (χ0v) is 11.5. The van der Waals surface area contributed by atoms with E-state index < -0.39 is 0 Å². The summed E-state index contributed by atoms with van der Waals surface area (Å²) in [6.07, 6.45) is 3.89. The van der Waals surface area contributed by atoms with Gasteiger partial charge in [0.15, 0.2) is 0 Å². The molecule has 1 amide bonds. The van der Waals surface area contributed by atoms with Gasteiger partial charge in [-0.3, -0.25) is 4.79 Å². The fraction of sp³-hybridized carbons (Fsp3) is 0.125. The van der Waals surface area contributed by atoms with Crippen molar-refractivity contribution in [3.63, 3.8) is 0 Å². The lowest BCUT2D eigenvalue weighted by atomic mass is 10.2. The number of aryl methyl sites for hydroxylation is 1. The van der Waals surface area contributed by atoms with E-state index in [9.17, 15) is 9.18 Å². The highest BCUT2D eigenvalue weighted by atomic mass is 19.1. The minimum atomic E-state index is -0.314. The largest absolute Gasteiger partial charge is 0.326 e. The zero-order chi connectivity index (χ0) is 14.8. The third-order valence-electron chi connectivity index (χ3n) is 3.22. The summed E-state index contributed by atoms with van der Waals surface area (Å²) in [6, 6.07) is 9.96. The normalized spacial score (nSPS) is 10.8. The van der Waals surface area contributed by atoms with E-state index in [2.05, 4.69) is 10.3 Å². The number of halogens is 1. The summed E-state index contributed by atoms with van der Waals surface area (Å²) < 4.78 is 14.9. The number of amides is 1. The van der Waals surface area contributed by atoms with E-state index in [-0.39, 0.29) is 18.1 Å². The first kappa shape index (κ1) is 13.3. The average Bonchev–Trinajstić information content (AvgIpc) is 2.84. The van der Waals surface area contributed by atoms with Crippen molar-refractivity contribution in [2.24, 2.45) is 0 Å². The molecule has 1 N–H and O–H groups in total.